The monoisotopic (exact) mass is 388 g/mol. The molecule has 3 fully saturated rings. The highest BCUT2D eigenvalue weighted by Crippen LogP contribution is 2.30. The number of aliphatic imine (C=N–C) groups is 1. The third-order valence-electron chi connectivity index (χ3n) is 4.98. The van der Waals surface area contributed by atoms with E-state index in [1.54, 1.807) is 7.05 Å². The zero-order valence-corrected chi connectivity index (χ0v) is 15.3. The summed E-state index contributed by atoms with van der Waals surface area (Å²) in [4.78, 5) is 11.2. The van der Waals surface area contributed by atoms with Gasteiger partial charge in [0.1, 0.15) is 11.9 Å². The quantitative estimate of drug-likeness (QED) is 0.631. The second kappa shape index (κ2) is 6.69. The van der Waals surface area contributed by atoms with Crippen LogP contribution in [-0.2, 0) is 4.74 Å². The van der Waals surface area contributed by atoms with Crippen molar-refractivity contribution in [2.24, 2.45) is 10.9 Å². The number of rotatable bonds is 2. The second-order valence-electron chi connectivity index (χ2n) is 6.51. The van der Waals surface area contributed by atoms with E-state index in [-0.39, 0.29) is 6.10 Å². The fourth-order valence-electron chi connectivity index (χ4n) is 3.62. The van der Waals surface area contributed by atoms with Gasteiger partial charge in [-0.15, -0.1) is 0 Å². The Bertz CT molecular complexity index is 771. The van der Waals surface area contributed by atoms with Crippen molar-refractivity contribution in [3.63, 3.8) is 0 Å². The van der Waals surface area contributed by atoms with Crippen LogP contribution in [0.25, 0.3) is 10.8 Å². The van der Waals surface area contributed by atoms with Gasteiger partial charge in [-0.3, -0.25) is 10.2 Å². The predicted molar refractivity (Wildman–Crippen MR) is 100 cm³/mol. The Morgan fingerprint density at radius 1 is 1.29 bits per heavy atom. The van der Waals surface area contributed by atoms with Crippen LogP contribution >= 0.6 is 15.9 Å². The second-order valence-corrected chi connectivity index (χ2v) is 7.42. The molecule has 126 valence electrons. The largest absolute Gasteiger partial charge is 0.460 e. The highest BCUT2D eigenvalue weighted by atomic mass is 79.9. The van der Waals surface area contributed by atoms with Gasteiger partial charge in [0.2, 0.25) is 0 Å². The molecule has 2 bridgehead atoms. The molecule has 1 atom stereocenters. The Labute approximate surface area is 150 Å². The molecule has 1 aromatic heterocycles. The minimum atomic E-state index is 0.230. The predicted octanol–water partition coefficient (Wildman–Crippen LogP) is 3.51. The molecule has 0 radical (unpaired) electrons. The lowest BCUT2D eigenvalue weighted by Gasteiger charge is -2.44. The molecule has 3 aliphatic heterocycles. The molecule has 3 saturated heterocycles. The summed E-state index contributed by atoms with van der Waals surface area (Å²) < 4.78 is 7.22. The number of pyridine rings is 1. The number of anilines is 1. The van der Waals surface area contributed by atoms with Gasteiger partial charge in [-0.1, -0.05) is 22.0 Å². The van der Waals surface area contributed by atoms with Crippen LogP contribution in [0.15, 0.2) is 39.9 Å². The summed E-state index contributed by atoms with van der Waals surface area (Å²) in [5.41, 5.74) is 0. The highest BCUT2D eigenvalue weighted by Gasteiger charge is 2.36. The van der Waals surface area contributed by atoms with E-state index in [9.17, 15) is 0 Å². The number of fused-ring (bicyclic) bond motifs is 4. The maximum absolute atomic E-state index is 6.16. The maximum atomic E-state index is 6.16. The molecule has 0 saturated carbocycles. The van der Waals surface area contributed by atoms with E-state index in [0.717, 1.165) is 27.6 Å². The van der Waals surface area contributed by atoms with Crippen LogP contribution in [0.2, 0.25) is 0 Å². The van der Waals surface area contributed by atoms with Gasteiger partial charge in [-0.25, -0.2) is 9.98 Å². The first-order chi connectivity index (χ1) is 11.7. The minimum absolute atomic E-state index is 0.230. The van der Waals surface area contributed by atoms with Gasteiger partial charge in [0.15, 0.2) is 0 Å². The van der Waals surface area contributed by atoms with Crippen molar-refractivity contribution >= 4 is 38.5 Å². The number of hydrogen-bond donors (Lipinski definition) is 1. The fourth-order valence-corrected chi connectivity index (χ4v) is 3.99. The highest BCUT2D eigenvalue weighted by molar-refractivity contribution is 9.10. The third kappa shape index (κ3) is 3.26. The SMILES string of the molecule is CN=C(Nc1cc2cc(Br)ccc2cn1)O[C@H]1CN2CCC1CC2. The summed E-state index contributed by atoms with van der Waals surface area (Å²) in [6, 6.07) is 8.72. The van der Waals surface area contributed by atoms with Crippen molar-refractivity contribution in [2.75, 3.05) is 32.0 Å². The molecule has 5 rings (SSSR count). The Balaban J connectivity index is 1.48. The summed E-state index contributed by atoms with van der Waals surface area (Å²) in [5.74, 6) is 1.40. The maximum Gasteiger partial charge on any atom is 0.290 e. The van der Waals surface area contributed by atoms with Crippen LogP contribution in [0.4, 0.5) is 5.82 Å². The van der Waals surface area contributed by atoms with Crippen LogP contribution < -0.4 is 5.32 Å². The van der Waals surface area contributed by atoms with Gasteiger partial charge in [-0.2, -0.15) is 0 Å². The number of piperidine rings is 3. The molecule has 0 spiro atoms. The Hall–Kier alpha value is -1.66. The van der Waals surface area contributed by atoms with E-state index in [1.165, 1.54) is 25.9 Å². The molecule has 6 heteroatoms. The first-order valence-electron chi connectivity index (χ1n) is 8.39. The Morgan fingerprint density at radius 2 is 2.12 bits per heavy atom. The van der Waals surface area contributed by atoms with E-state index in [4.69, 9.17) is 4.74 Å². The third-order valence-corrected chi connectivity index (χ3v) is 5.47. The lowest BCUT2D eigenvalue weighted by Crippen LogP contribution is -2.52. The first kappa shape index (κ1) is 15.8. The normalized spacial score (nSPS) is 26.6. The van der Waals surface area contributed by atoms with Crippen LogP contribution in [0.1, 0.15) is 12.8 Å². The standard InChI is InChI=1S/C18H21BrN4O/c1-20-18(24-16-11-23-6-4-12(16)5-7-23)22-17-9-14-8-15(19)3-2-13(14)10-21-17/h2-3,8-10,12,16H,4-7,11H2,1H3,(H,20,21,22)/t16-/m0/s1. The summed E-state index contributed by atoms with van der Waals surface area (Å²) in [5, 5.41) is 5.46. The topological polar surface area (TPSA) is 49.8 Å². The molecule has 0 amide bonds. The zero-order chi connectivity index (χ0) is 16.5. The van der Waals surface area contributed by atoms with Gasteiger partial charge >= 0.3 is 0 Å². The number of amidine groups is 1. The molecule has 4 heterocycles. The van der Waals surface area contributed by atoms with Crippen molar-refractivity contribution in [2.45, 2.75) is 18.9 Å². The molecule has 1 N–H and O–H groups in total. The van der Waals surface area contributed by atoms with E-state index < -0.39 is 0 Å². The van der Waals surface area contributed by atoms with E-state index in [0.29, 0.717) is 11.9 Å². The van der Waals surface area contributed by atoms with Crippen LogP contribution in [-0.4, -0.2) is 48.7 Å². The summed E-state index contributed by atoms with van der Waals surface area (Å²) >= 11 is 3.51. The van der Waals surface area contributed by atoms with Crippen LogP contribution in [0, 0.1) is 5.92 Å². The smallest absolute Gasteiger partial charge is 0.290 e. The number of benzene rings is 1. The van der Waals surface area contributed by atoms with Crippen molar-refractivity contribution in [3.8, 4) is 0 Å². The summed E-state index contributed by atoms with van der Waals surface area (Å²) in [7, 11) is 1.75. The molecular weight excluding hydrogens is 368 g/mol. The number of nitrogens with one attached hydrogen (secondary N) is 1. The van der Waals surface area contributed by atoms with Crippen LogP contribution in [0.3, 0.4) is 0 Å². The molecule has 2 aromatic rings. The van der Waals surface area contributed by atoms with Gasteiger partial charge < -0.3 is 4.74 Å². The van der Waals surface area contributed by atoms with Crippen molar-refractivity contribution in [3.05, 3.63) is 34.9 Å². The average molecular weight is 389 g/mol. The molecule has 5 nitrogen and oxygen atoms in total. The van der Waals surface area contributed by atoms with Crippen molar-refractivity contribution in [1.82, 2.24) is 9.88 Å². The molecule has 0 unspecified atom stereocenters. The molecule has 0 aliphatic carbocycles. The molecule has 24 heavy (non-hydrogen) atoms. The minimum Gasteiger partial charge on any atom is -0.460 e. The van der Waals surface area contributed by atoms with E-state index in [1.807, 2.05) is 18.3 Å². The number of nitrogens with zero attached hydrogens (tertiary/aromatic N) is 3. The average Bonchev–Trinajstić information content (AvgIpc) is 2.62. The number of aromatic nitrogens is 1. The fraction of sp³-hybridized carbons (Fsp3) is 0.444. The van der Waals surface area contributed by atoms with Crippen molar-refractivity contribution in [1.29, 1.82) is 0 Å². The summed E-state index contributed by atoms with van der Waals surface area (Å²) in [6.07, 6.45) is 4.55. The lowest BCUT2D eigenvalue weighted by molar-refractivity contribution is -0.0146. The Morgan fingerprint density at radius 3 is 2.83 bits per heavy atom. The zero-order valence-electron chi connectivity index (χ0n) is 13.7. The molecule has 3 aliphatic rings. The number of ether oxygens (including phenoxy) is 1. The number of hydrogen-bond acceptors (Lipinski definition) is 4. The van der Waals surface area contributed by atoms with Gasteiger partial charge in [0.25, 0.3) is 6.02 Å². The van der Waals surface area contributed by atoms with Gasteiger partial charge in [-0.05, 0) is 55.4 Å². The van der Waals surface area contributed by atoms with E-state index >= 15 is 0 Å². The Kier molecular flexibility index (Phi) is 4.41. The number of halogens is 1. The molecule has 1 aromatic carbocycles. The van der Waals surface area contributed by atoms with Crippen LogP contribution in [0.5, 0.6) is 0 Å². The first-order valence-corrected chi connectivity index (χ1v) is 9.19. The summed E-state index contributed by atoms with van der Waals surface area (Å²) in [6.45, 7) is 3.42. The van der Waals surface area contributed by atoms with Gasteiger partial charge in [0.05, 0.1) is 0 Å². The lowest BCUT2D eigenvalue weighted by atomic mass is 9.86. The van der Waals surface area contributed by atoms with Gasteiger partial charge in [0, 0.05) is 29.6 Å². The molecular formula is C18H21BrN4O. The van der Waals surface area contributed by atoms with E-state index in [2.05, 4.69) is 48.3 Å². The van der Waals surface area contributed by atoms with Crippen molar-refractivity contribution < 1.29 is 4.74 Å².